The number of aliphatic hydroxyl groups is 1. The summed E-state index contributed by atoms with van der Waals surface area (Å²) in [5.74, 6) is 1.30. The van der Waals surface area contributed by atoms with E-state index in [0.29, 0.717) is 23.8 Å². The van der Waals surface area contributed by atoms with Gasteiger partial charge in [0.1, 0.15) is 24.7 Å². The lowest BCUT2D eigenvalue weighted by atomic mass is 10.2. The number of rotatable bonds is 6. The maximum atomic E-state index is 9.12. The molecule has 0 fully saturated rings. The van der Waals surface area contributed by atoms with Gasteiger partial charge in [-0.25, -0.2) is 0 Å². The molecule has 0 bridgehead atoms. The van der Waals surface area contributed by atoms with E-state index in [1.54, 1.807) is 25.3 Å². The second-order valence-corrected chi connectivity index (χ2v) is 5.76. The normalized spacial score (nSPS) is 10.8. The summed E-state index contributed by atoms with van der Waals surface area (Å²) in [6.45, 7) is 0.635. The summed E-state index contributed by atoms with van der Waals surface area (Å²) >= 11 is 6.82. The number of hydrogen-bond donors (Lipinski definition) is 1. The first-order chi connectivity index (χ1) is 9.63. The zero-order chi connectivity index (χ0) is 14.5. The molecule has 5 nitrogen and oxygen atoms in total. The highest BCUT2D eigenvalue weighted by molar-refractivity contribution is 9.11. The molecule has 0 unspecified atom stereocenters. The van der Waals surface area contributed by atoms with Crippen molar-refractivity contribution in [3.05, 3.63) is 44.2 Å². The highest BCUT2D eigenvalue weighted by atomic mass is 79.9. The average molecular weight is 407 g/mol. The van der Waals surface area contributed by atoms with E-state index in [0.717, 1.165) is 14.5 Å². The molecule has 20 heavy (non-hydrogen) atoms. The molecule has 1 aromatic heterocycles. The van der Waals surface area contributed by atoms with Gasteiger partial charge in [-0.2, -0.15) is 0 Å². The van der Waals surface area contributed by atoms with Crippen molar-refractivity contribution in [3.8, 4) is 5.75 Å². The Morgan fingerprint density at radius 3 is 2.50 bits per heavy atom. The molecule has 7 heteroatoms. The minimum Gasteiger partial charge on any atom is -0.485 e. The number of benzene rings is 1. The van der Waals surface area contributed by atoms with Crippen molar-refractivity contribution >= 4 is 31.9 Å². The molecule has 2 rings (SSSR count). The Bertz CT molecular complexity index is 562. The van der Waals surface area contributed by atoms with Crippen molar-refractivity contribution in [2.75, 3.05) is 7.11 Å². The van der Waals surface area contributed by atoms with Crippen LogP contribution >= 0.6 is 31.9 Å². The second kappa shape index (κ2) is 7.21. The third-order valence-corrected chi connectivity index (χ3v) is 3.68. The van der Waals surface area contributed by atoms with Gasteiger partial charge in [-0.15, -0.1) is 0 Å². The van der Waals surface area contributed by atoms with Crippen molar-refractivity contribution in [1.82, 2.24) is 5.16 Å². The van der Waals surface area contributed by atoms with Gasteiger partial charge in [0.05, 0.1) is 15.6 Å². The standard InChI is InChI=1S/C13H13Br2NO4/c1-18-7-10-4-9(16-20-10)6-19-13-11(14)2-8(5-17)3-12(13)15/h2-4,17H,5-7H2,1H3. The van der Waals surface area contributed by atoms with Crippen LogP contribution in [0.15, 0.2) is 31.7 Å². The number of aliphatic hydroxyl groups excluding tert-OH is 1. The van der Waals surface area contributed by atoms with E-state index in [-0.39, 0.29) is 13.2 Å². The summed E-state index contributed by atoms with van der Waals surface area (Å²) < 4.78 is 17.3. The topological polar surface area (TPSA) is 64.7 Å². The Morgan fingerprint density at radius 1 is 1.20 bits per heavy atom. The van der Waals surface area contributed by atoms with E-state index in [1.807, 2.05) is 0 Å². The summed E-state index contributed by atoms with van der Waals surface area (Å²) in [6.07, 6.45) is 0. The van der Waals surface area contributed by atoms with Crippen LogP contribution in [0.5, 0.6) is 5.75 Å². The average Bonchev–Trinajstić information content (AvgIpc) is 2.85. The van der Waals surface area contributed by atoms with Crippen LogP contribution in [0.3, 0.4) is 0 Å². The van der Waals surface area contributed by atoms with Gasteiger partial charge < -0.3 is 19.1 Å². The van der Waals surface area contributed by atoms with Crippen molar-refractivity contribution in [3.63, 3.8) is 0 Å². The molecule has 0 amide bonds. The maximum Gasteiger partial charge on any atom is 0.162 e. The fourth-order valence-electron chi connectivity index (χ4n) is 1.62. The zero-order valence-electron chi connectivity index (χ0n) is 10.7. The summed E-state index contributed by atoms with van der Waals surface area (Å²) in [6, 6.07) is 5.39. The van der Waals surface area contributed by atoms with E-state index in [2.05, 4.69) is 37.0 Å². The predicted molar refractivity (Wildman–Crippen MR) is 79.3 cm³/mol. The summed E-state index contributed by atoms with van der Waals surface area (Å²) in [4.78, 5) is 0. The van der Waals surface area contributed by atoms with Crippen LogP contribution in [0.4, 0.5) is 0 Å². The highest BCUT2D eigenvalue weighted by Gasteiger charge is 2.11. The maximum absolute atomic E-state index is 9.12. The van der Waals surface area contributed by atoms with Gasteiger partial charge in [-0.1, -0.05) is 5.16 Å². The molecule has 0 radical (unpaired) electrons. The van der Waals surface area contributed by atoms with Crippen LogP contribution in [0.2, 0.25) is 0 Å². The van der Waals surface area contributed by atoms with Crippen LogP contribution in [-0.4, -0.2) is 17.4 Å². The molecule has 0 spiro atoms. The van der Waals surface area contributed by atoms with Crippen molar-refractivity contribution in [1.29, 1.82) is 0 Å². The Kier molecular flexibility index (Phi) is 5.59. The minimum absolute atomic E-state index is 0.0266. The lowest BCUT2D eigenvalue weighted by molar-refractivity contribution is 0.155. The van der Waals surface area contributed by atoms with E-state index < -0.39 is 0 Å². The van der Waals surface area contributed by atoms with Crippen LogP contribution < -0.4 is 4.74 Å². The molecule has 0 atom stereocenters. The number of nitrogens with zero attached hydrogens (tertiary/aromatic N) is 1. The first-order valence-corrected chi connectivity index (χ1v) is 7.37. The lowest BCUT2D eigenvalue weighted by Gasteiger charge is -2.10. The van der Waals surface area contributed by atoms with Gasteiger partial charge in [0.2, 0.25) is 0 Å². The van der Waals surface area contributed by atoms with Gasteiger partial charge >= 0.3 is 0 Å². The molecule has 0 saturated carbocycles. The van der Waals surface area contributed by atoms with Crippen molar-refractivity contribution in [2.45, 2.75) is 19.8 Å². The molecule has 1 aromatic carbocycles. The third-order valence-electron chi connectivity index (χ3n) is 2.50. The van der Waals surface area contributed by atoms with Crippen LogP contribution in [0, 0.1) is 0 Å². The monoisotopic (exact) mass is 405 g/mol. The fraction of sp³-hybridized carbons (Fsp3) is 0.308. The van der Waals surface area contributed by atoms with Crippen LogP contribution in [0.25, 0.3) is 0 Å². The first-order valence-electron chi connectivity index (χ1n) is 5.79. The molecule has 1 heterocycles. The largest absolute Gasteiger partial charge is 0.485 e. The van der Waals surface area contributed by atoms with Crippen molar-refractivity contribution < 1.29 is 19.1 Å². The SMILES string of the molecule is COCc1cc(COc2c(Br)cc(CO)cc2Br)no1. The quantitative estimate of drug-likeness (QED) is 0.796. The van der Waals surface area contributed by atoms with Gasteiger partial charge in [0.15, 0.2) is 5.76 Å². The van der Waals surface area contributed by atoms with Gasteiger partial charge in [0.25, 0.3) is 0 Å². The Balaban J connectivity index is 2.06. The van der Waals surface area contributed by atoms with Gasteiger partial charge in [-0.3, -0.25) is 0 Å². The molecule has 2 aromatic rings. The van der Waals surface area contributed by atoms with E-state index in [9.17, 15) is 0 Å². The number of halogens is 2. The summed E-state index contributed by atoms with van der Waals surface area (Å²) in [5.41, 5.74) is 1.47. The third kappa shape index (κ3) is 3.82. The lowest BCUT2D eigenvalue weighted by Crippen LogP contribution is -1.98. The molecule has 0 saturated heterocycles. The smallest absolute Gasteiger partial charge is 0.162 e. The number of ether oxygens (including phenoxy) is 2. The molecule has 0 aliphatic heterocycles. The molecule has 0 aliphatic rings. The van der Waals surface area contributed by atoms with Gasteiger partial charge in [-0.05, 0) is 49.6 Å². The van der Waals surface area contributed by atoms with Crippen LogP contribution in [0.1, 0.15) is 17.0 Å². The fourth-order valence-corrected chi connectivity index (χ4v) is 3.13. The molecule has 1 N–H and O–H groups in total. The minimum atomic E-state index is -0.0266. The van der Waals surface area contributed by atoms with Crippen molar-refractivity contribution in [2.24, 2.45) is 0 Å². The van der Waals surface area contributed by atoms with E-state index >= 15 is 0 Å². The molecule has 0 aliphatic carbocycles. The van der Waals surface area contributed by atoms with E-state index in [1.165, 1.54) is 0 Å². The Morgan fingerprint density at radius 2 is 1.90 bits per heavy atom. The number of hydrogen-bond acceptors (Lipinski definition) is 5. The second-order valence-electron chi connectivity index (χ2n) is 4.05. The Hall–Kier alpha value is -0.890. The predicted octanol–water partition coefficient (Wildman–Crippen LogP) is 3.42. The summed E-state index contributed by atoms with van der Waals surface area (Å²) in [7, 11) is 1.59. The molecular formula is C13H13Br2NO4. The number of aromatic nitrogens is 1. The zero-order valence-corrected chi connectivity index (χ0v) is 13.9. The highest BCUT2D eigenvalue weighted by Crippen LogP contribution is 2.35. The molecule has 108 valence electrons. The van der Waals surface area contributed by atoms with Crippen LogP contribution in [-0.2, 0) is 24.6 Å². The van der Waals surface area contributed by atoms with E-state index in [4.69, 9.17) is 19.1 Å². The van der Waals surface area contributed by atoms with Gasteiger partial charge in [0, 0.05) is 13.2 Å². The molecular weight excluding hydrogens is 394 g/mol. The summed E-state index contributed by atoms with van der Waals surface area (Å²) in [5, 5.41) is 13.0. The first kappa shape index (κ1) is 15.5. The Labute approximate surface area is 133 Å². The number of methoxy groups -OCH3 is 1.